The molecule has 1 N–H and O–H groups in total. The maximum absolute atomic E-state index is 11.4. The molecule has 1 aliphatic rings. The van der Waals surface area contributed by atoms with Crippen LogP contribution in [0, 0.1) is 0 Å². The molecule has 20 heavy (non-hydrogen) atoms. The van der Waals surface area contributed by atoms with Crippen molar-refractivity contribution >= 4 is 16.9 Å². The molecular weight excluding hydrogens is 258 g/mol. The zero-order chi connectivity index (χ0) is 13.9. The standard InChI is InChI=1S/C15H15NO4/c17-15(18)12-9-14(20-10-5-7-19-8-6-10)16-13-4-2-1-3-11(12)13/h1-4,9-10H,5-8H2,(H,17,18). The monoisotopic (exact) mass is 273 g/mol. The molecule has 0 radical (unpaired) electrons. The molecule has 0 aliphatic carbocycles. The average Bonchev–Trinajstić information content (AvgIpc) is 2.47. The molecule has 0 unspecified atom stereocenters. The molecule has 3 rings (SSSR count). The third-order valence-corrected chi connectivity index (χ3v) is 3.38. The highest BCUT2D eigenvalue weighted by atomic mass is 16.5. The molecular formula is C15H15NO4. The van der Waals surface area contributed by atoms with E-state index < -0.39 is 5.97 Å². The maximum atomic E-state index is 11.4. The minimum Gasteiger partial charge on any atom is -0.478 e. The SMILES string of the molecule is O=C(O)c1cc(OC2CCOCC2)nc2ccccc12. The number of carboxylic acids is 1. The second kappa shape index (κ2) is 5.46. The van der Waals surface area contributed by atoms with Gasteiger partial charge in [-0.05, 0) is 6.07 Å². The van der Waals surface area contributed by atoms with Gasteiger partial charge in [-0.3, -0.25) is 0 Å². The summed E-state index contributed by atoms with van der Waals surface area (Å²) in [5.74, 6) is -0.603. The molecule has 1 fully saturated rings. The third kappa shape index (κ3) is 2.58. The molecule has 0 amide bonds. The molecule has 0 saturated carbocycles. The lowest BCUT2D eigenvalue weighted by molar-refractivity contribution is 0.0237. The highest BCUT2D eigenvalue weighted by Crippen LogP contribution is 2.24. The topological polar surface area (TPSA) is 68.7 Å². The van der Waals surface area contributed by atoms with E-state index in [1.54, 1.807) is 18.2 Å². The highest BCUT2D eigenvalue weighted by molar-refractivity contribution is 6.02. The molecule has 104 valence electrons. The van der Waals surface area contributed by atoms with Gasteiger partial charge in [0.05, 0.1) is 24.3 Å². The van der Waals surface area contributed by atoms with Crippen molar-refractivity contribution in [3.05, 3.63) is 35.9 Å². The van der Waals surface area contributed by atoms with Crippen molar-refractivity contribution in [2.45, 2.75) is 18.9 Å². The van der Waals surface area contributed by atoms with Gasteiger partial charge in [0.25, 0.3) is 0 Å². The lowest BCUT2D eigenvalue weighted by Gasteiger charge is -2.23. The van der Waals surface area contributed by atoms with E-state index in [2.05, 4.69) is 4.98 Å². The Bertz CT molecular complexity index is 635. The fourth-order valence-corrected chi connectivity index (χ4v) is 2.35. The van der Waals surface area contributed by atoms with Crippen LogP contribution < -0.4 is 4.74 Å². The fraction of sp³-hybridized carbons (Fsp3) is 0.333. The van der Waals surface area contributed by atoms with Crippen LogP contribution in [0.5, 0.6) is 5.88 Å². The summed E-state index contributed by atoms with van der Waals surface area (Å²) in [6.07, 6.45) is 1.65. The van der Waals surface area contributed by atoms with Crippen molar-refractivity contribution in [3.63, 3.8) is 0 Å². The largest absolute Gasteiger partial charge is 0.478 e. The van der Waals surface area contributed by atoms with Crippen LogP contribution >= 0.6 is 0 Å². The third-order valence-electron chi connectivity index (χ3n) is 3.38. The number of hydrogen-bond donors (Lipinski definition) is 1. The zero-order valence-electron chi connectivity index (χ0n) is 10.9. The van der Waals surface area contributed by atoms with E-state index in [1.165, 1.54) is 6.07 Å². The van der Waals surface area contributed by atoms with Crippen molar-refractivity contribution in [2.75, 3.05) is 13.2 Å². The molecule has 5 nitrogen and oxygen atoms in total. The summed E-state index contributed by atoms with van der Waals surface area (Å²) in [7, 11) is 0. The Labute approximate surface area is 116 Å². The summed E-state index contributed by atoms with van der Waals surface area (Å²) >= 11 is 0. The first-order valence-electron chi connectivity index (χ1n) is 6.61. The van der Waals surface area contributed by atoms with E-state index in [9.17, 15) is 9.90 Å². The number of pyridine rings is 1. The Morgan fingerprint density at radius 3 is 2.80 bits per heavy atom. The van der Waals surface area contributed by atoms with Crippen LogP contribution in [0.3, 0.4) is 0 Å². The Morgan fingerprint density at radius 1 is 1.30 bits per heavy atom. The minimum absolute atomic E-state index is 0.0408. The second-order valence-corrected chi connectivity index (χ2v) is 4.76. The Kier molecular flexibility index (Phi) is 3.52. The molecule has 1 aliphatic heterocycles. The molecule has 5 heteroatoms. The Balaban J connectivity index is 1.96. The first kappa shape index (κ1) is 12.9. The van der Waals surface area contributed by atoms with Crippen LogP contribution in [-0.2, 0) is 4.74 Å². The van der Waals surface area contributed by atoms with Crippen LogP contribution in [0.4, 0.5) is 0 Å². The number of carbonyl (C=O) groups is 1. The predicted molar refractivity (Wildman–Crippen MR) is 73.2 cm³/mol. The normalized spacial score (nSPS) is 16.2. The van der Waals surface area contributed by atoms with Crippen molar-refractivity contribution in [1.29, 1.82) is 0 Å². The predicted octanol–water partition coefficient (Wildman–Crippen LogP) is 2.49. The highest BCUT2D eigenvalue weighted by Gasteiger charge is 2.18. The molecule has 0 bridgehead atoms. The fourth-order valence-electron chi connectivity index (χ4n) is 2.35. The van der Waals surface area contributed by atoms with Gasteiger partial charge in [-0.25, -0.2) is 9.78 Å². The van der Waals surface area contributed by atoms with Crippen LogP contribution in [0.2, 0.25) is 0 Å². The number of nitrogens with zero attached hydrogens (tertiary/aromatic N) is 1. The van der Waals surface area contributed by atoms with E-state index in [0.29, 0.717) is 30.0 Å². The smallest absolute Gasteiger partial charge is 0.336 e. The quantitative estimate of drug-likeness (QED) is 0.930. The van der Waals surface area contributed by atoms with Gasteiger partial charge in [-0.1, -0.05) is 18.2 Å². The first-order valence-corrected chi connectivity index (χ1v) is 6.61. The number of para-hydroxylation sites is 1. The van der Waals surface area contributed by atoms with E-state index in [-0.39, 0.29) is 11.7 Å². The lowest BCUT2D eigenvalue weighted by Crippen LogP contribution is -2.26. The minimum atomic E-state index is -0.972. The van der Waals surface area contributed by atoms with Crippen LogP contribution in [0.25, 0.3) is 10.9 Å². The molecule has 1 aromatic carbocycles. The van der Waals surface area contributed by atoms with Gasteiger partial charge >= 0.3 is 5.97 Å². The van der Waals surface area contributed by atoms with E-state index in [0.717, 1.165) is 12.8 Å². The number of rotatable bonds is 3. The second-order valence-electron chi connectivity index (χ2n) is 4.76. The van der Waals surface area contributed by atoms with Crippen molar-refractivity contribution in [3.8, 4) is 5.88 Å². The van der Waals surface area contributed by atoms with Gasteiger partial charge in [0, 0.05) is 24.3 Å². The molecule has 0 spiro atoms. The zero-order valence-corrected chi connectivity index (χ0v) is 10.9. The van der Waals surface area contributed by atoms with Gasteiger partial charge in [-0.15, -0.1) is 0 Å². The molecule has 0 atom stereocenters. The summed E-state index contributed by atoms with van der Waals surface area (Å²) in [5.41, 5.74) is 0.854. The summed E-state index contributed by atoms with van der Waals surface area (Å²) in [6, 6.07) is 8.68. The van der Waals surface area contributed by atoms with E-state index in [1.807, 2.05) is 6.07 Å². The lowest BCUT2D eigenvalue weighted by atomic mass is 10.1. The number of hydrogen-bond acceptors (Lipinski definition) is 4. The number of carboxylic acid groups (broad SMARTS) is 1. The Morgan fingerprint density at radius 2 is 2.05 bits per heavy atom. The van der Waals surface area contributed by atoms with Gasteiger partial charge in [0.1, 0.15) is 6.10 Å². The van der Waals surface area contributed by atoms with Gasteiger partial charge in [-0.2, -0.15) is 0 Å². The van der Waals surface area contributed by atoms with Gasteiger partial charge in [0.15, 0.2) is 0 Å². The van der Waals surface area contributed by atoms with Crippen molar-refractivity contribution in [2.24, 2.45) is 0 Å². The average molecular weight is 273 g/mol. The summed E-state index contributed by atoms with van der Waals surface area (Å²) in [5, 5.41) is 9.93. The van der Waals surface area contributed by atoms with Crippen molar-refractivity contribution in [1.82, 2.24) is 4.98 Å². The van der Waals surface area contributed by atoms with Crippen LogP contribution in [0.1, 0.15) is 23.2 Å². The number of aromatic nitrogens is 1. The van der Waals surface area contributed by atoms with Crippen LogP contribution in [-0.4, -0.2) is 35.4 Å². The molecule has 1 aromatic heterocycles. The number of aromatic carboxylic acids is 1. The van der Waals surface area contributed by atoms with E-state index >= 15 is 0 Å². The summed E-state index contributed by atoms with van der Waals surface area (Å²) in [6.45, 7) is 1.34. The first-order chi connectivity index (χ1) is 9.74. The maximum Gasteiger partial charge on any atom is 0.336 e. The molecule has 2 aromatic rings. The molecule has 2 heterocycles. The molecule has 1 saturated heterocycles. The number of ether oxygens (including phenoxy) is 2. The number of fused-ring (bicyclic) bond motifs is 1. The van der Waals surface area contributed by atoms with Crippen molar-refractivity contribution < 1.29 is 19.4 Å². The van der Waals surface area contributed by atoms with Gasteiger partial charge < -0.3 is 14.6 Å². The van der Waals surface area contributed by atoms with Gasteiger partial charge in [0.2, 0.25) is 5.88 Å². The number of benzene rings is 1. The van der Waals surface area contributed by atoms with E-state index in [4.69, 9.17) is 9.47 Å². The summed E-state index contributed by atoms with van der Waals surface area (Å²) in [4.78, 5) is 15.7. The Hall–Kier alpha value is -2.14. The van der Waals surface area contributed by atoms with Crippen LogP contribution in [0.15, 0.2) is 30.3 Å². The summed E-state index contributed by atoms with van der Waals surface area (Å²) < 4.78 is 11.1.